The quantitative estimate of drug-likeness (QED) is 0.902. The van der Waals surface area contributed by atoms with Gasteiger partial charge in [0.1, 0.15) is 5.82 Å². The zero-order valence-corrected chi connectivity index (χ0v) is 13.9. The molecule has 1 aliphatic rings. The largest absolute Gasteiger partial charge is 0.350 e. The molecule has 1 aliphatic heterocycles. The molecule has 1 saturated heterocycles. The molecule has 2 amide bonds. The smallest absolute Gasteiger partial charge is 0.239 e. The van der Waals surface area contributed by atoms with Crippen LogP contribution in [0.2, 0.25) is 0 Å². The minimum atomic E-state index is -0.382. The Bertz CT molecular complexity index is 746. The van der Waals surface area contributed by atoms with Crippen LogP contribution in [-0.4, -0.2) is 39.4 Å². The summed E-state index contributed by atoms with van der Waals surface area (Å²) in [5.41, 5.74) is 1.07. The molecule has 1 N–H and O–H groups in total. The minimum absolute atomic E-state index is 0.0309. The molecule has 0 spiro atoms. The van der Waals surface area contributed by atoms with Gasteiger partial charge in [-0.2, -0.15) is 0 Å². The fourth-order valence-electron chi connectivity index (χ4n) is 2.91. The third-order valence-electron chi connectivity index (χ3n) is 4.29. The molecule has 7 heteroatoms. The van der Waals surface area contributed by atoms with Gasteiger partial charge in [0.05, 0.1) is 18.6 Å². The van der Waals surface area contributed by atoms with E-state index in [0.717, 1.165) is 19.3 Å². The van der Waals surface area contributed by atoms with Crippen LogP contribution in [0.3, 0.4) is 0 Å². The van der Waals surface area contributed by atoms with Crippen molar-refractivity contribution in [1.82, 2.24) is 19.8 Å². The molecule has 0 bridgehead atoms. The van der Waals surface area contributed by atoms with E-state index in [9.17, 15) is 14.0 Å². The fraction of sp³-hybridized carbons (Fsp3) is 0.389. The Labute approximate surface area is 145 Å². The van der Waals surface area contributed by atoms with Gasteiger partial charge in [0.15, 0.2) is 0 Å². The third kappa shape index (κ3) is 4.43. The number of imidazole rings is 1. The molecule has 2 heterocycles. The maximum Gasteiger partial charge on any atom is 0.239 e. The van der Waals surface area contributed by atoms with E-state index in [-0.39, 0.29) is 30.7 Å². The molecule has 6 nitrogen and oxygen atoms in total. The number of amides is 2. The van der Waals surface area contributed by atoms with E-state index in [2.05, 4.69) is 10.3 Å². The topological polar surface area (TPSA) is 67.2 Å². The monoisotopic (exact) mass is 344 g/mol. The molecule has 2 aromatic rings. The Balaban J connectivity index is 1.55. The Hall–Kier alpha value is -2.70. The van der Waals surface area contributed by atoms with Crippen molar-refractivity contribution in [3.63, 3.8) is 0 Å². The molecular weight excluding hydrogens is 323 g/mol. The van der Waals surface area contributed by atoms with Gasteiger partial charge in [0.2, 0.25) is 11.8 Å². The molecule has 1 aromatic heterocycles. The van der Waals surface area contributed by atoms with Gasteiger partial charge in [-0.3, -0.25) is 9.59 Å². The van der Waals surface area contributed by atoms with Gasteiger partial charge in [0, 0.05) is 31.9 Å². The highest BCUT2D eigenvalue weighted by Gasteiger charge is 2.19. The number of carbonyl (C=O) groups is 2. The number of likely N-dealkylation sites (tertiary alicyclic amines) is 1. The van der Waals surface area contributed by atoms with Gasteiger partial charge in [0.25, 0.3) is 0 Å². The van der Waals surface area contributed by atoms with Gasteiger partial charge >= 0.3 is 0 Å². The molecule has 25 heavy (non-hydrogen) atoms. The van der Waals surface area contributed by atoms with Crippen molar-refractivity contribution in [2.24, 2.45) is 0 Å². The van der Waals surface area contributed by atoms with Crippen LogP contribution in [-0.2, 0) is 16.1 Å². The van der Waals surface area contributed by atoms with Crippen LogP contribution in [0, 0.1) is 5.82 Å². The molecule has 1 fully saturated rings. The number of halogens is 1. The van der Waals surface area contributed by atoms with Crippen LogP contribution < -0.4 is 5.32 Å². The summed E-state index contributed by atoms with van der Waals surface area (Å²) >= 11 is 0. The normalized spacial score (nSPS) is 15.1. The second-order valence-electron chi connectivity index (χ2n) is 6.16. The van der Waals surface area contributed by atoms with Crippen LogP contribution in [0.5, 0.6) is 0 Å². The molecule has 0 unspecified atom stereocenters. The summed E-state index contributed by atoms with van der Waals surface area (Å²) in [6, 6.07) is 4.80. The van der Waals surface area contributed by atoms with E-state index >= 15 is 0 Å². The van der Waals surface area contributed by atoms with Crippen molar-refractivity contribution in [2.45, 2.75) is 32.2 Å². The molecule has 0 radical (unpaired) electrons. The van der Waals surface area contributed by atoms with Crippen LogP contribution in [0.15, 0.2) is 36.9 Å². The Kier molecular flexibility index (Phi) is 5.42. The second-order valence-corrected chi connectivity index (χ2v) is 6.16. The predicted molar refractivity (Wildman–Crippen MR) is 90.4 cm³/mol. The summed E-state index contributed by atoms with van der Waals surface area (Å²) in [5, 5.41) is 2.75. The number of hydrogen-bond donors (Lipinski definition) is 1. The number of aromatic nitrogens is 2. The number of nitrogens with one attached hydrogen (secondary N) is 1. The van der Waals surface area contributed by atoms with E-state index in [1.807, 2.05) is 0 Å². The zero-order chi connectivity index (χ0) is 17.6. The molecule has 1 aromatic carbocycles. The first-order chi connectivity index (χ1) is 12.1. The van der Waals surface area contributed by atoms with Crippen LogP contribution in [0.25, 0.3) is 5.69 Å². The average molecular weight is 344 g/mol. The summed E-state index contributed by atoms with van der Waals surface area (Å²) < 4.78 is 15.8. The first kappa shape index (κ1) is 17.1. The van der Waals surface area contributed by atoms with Crippen molar-refractivity contribution >= 4 is 11.8 Å². The lowest BCUT2D eigenvalue weighted by Crippen LogP contribution is -2.40. The summed E-state index contributed by atoms with van der Waals surface area (Å²) in [5.74, 6) is -0.579. The maximum absolute atomic E-state index is 14.2. The standard InChI is InChI=1S/C18H21FN4O2/c19-15-10-14(5-6-16(15)23-9-7-20-13-23)11-21-17(24)12-22-8-3-1-2-4-18(22)25/h5-7,9-10,13H,1-4,8,11-12H2,(H,21,24). The second kappa shape index (κ2) is 7.92. The highest BCUT2D eigenvalue weighted by molar-refractivity contribution is 5.84. The zero-order valence-electron chi connectivity index (χ0n) is 13.9. The van der Waals surface area contributed by atoms with Crippen molar-refractivity contribution < 1.29 is 14.0 Å². The van der Waals surface area contributed by atoms with E-state index in [1.54, 1.807) is 34.0 Å². The van der Waals surface area contributed by atoms with Crippen LogP contribution in [0.4, 0.5) is 4.39 Å². The van der Waals surface area contributed by atoms with Gasteiger partial charge in [-0.1, -0.05) is 12.5 Å². The van der Waals surface area contributed by atoms with E-state index in [0.29, 0.717) is 24.2 Å². The van der Waals surface area contributed by atoms with Crippen molar-refractivity contribution in [3.05, 3.63) is 48.3 Å². The van der Waals surface area contributed by atoms with E-state index < -0.39 is 0 Å². The number of carbonyl (C=O) groups excluding carboxylic acids is 2. The van der Waals surface area contributed by atoms with Crippen molar-refractivity contribution in [2.75, 3.05) is 13.1 Å². The Morgan fingerprint density at radius 2 is 2.16 bits per heavy atom. The molecule has 0 aliphatic carbocycles. The number of nitrogens with zero attached hydrogens (tertiary/aromatic N) is 3. The van der Waals surface area contributed by atoms with E-state index in [4.69, 9.17) is 0 Å². The highest BCUT2D eigenvalue weighted by atomic mass is 19.1. The number of benzene rings is 1. The fourth-order valence-corrected chi connectivity index (χ4v) is 2.91. The number of rotatable bonds is 5. The van der Waals surface area contributed by atoms with Gasteiger partial charge in [-0.25, -0.2) is 9.37 Å². The number of hydrogen-bond acceptors (Lipinski definition) is 3. The third-order valence-corrected chi connectivity index (χ3v) is 4.29. The summed E-state index contributed by atoms with van der Waals surface area (Å²) in [4.78, 5) is 29.5. The highest BCUT2D eigenvalue weighted by Crippen LogP contribution is 2.15. The molecule has 3 rings (SSSR count). The van der Waals surface area contributed by atoms with E-state index in [1.165, 1.54) is 12.4 Å². The Morgan fingerprint density at radius 1 is 1.28 bits per heavy atom. The first-order valence-corrected chi connectivity index (χ1v) is 8.45. The van der Waals surface area contributed by atoms with Crippen LogP contribution in [0.1, 0.15) is 31.2 Å². The lowest BCUT2D eigenvalue weighted by atomic mass is 10.2. The summed E-state index contributed by atoms with van der Waals surface area (Å²) in [7, 11) is 0. The lowest BCUT2D eigenvalue weighted by Gasteiger charge is -2.19. The summed E-state index contributed by atoms with van der Waals surface area (Å²) in [6.07, 6.45) is 8.12. The average Bonchev–Trinajstić information content (AvgIpc) is 3.05. The SMILES string of the molecule is O=C(CN1CCCCCC1=O)NCc1ccc(-n2ccnc2)c(F)c1. The summed E-state index contributed by atoms with van der Waals surface area (Å²) in [6.45, 7) is 0.914. The molecule has 0 atom stereocenters. The predicted octanol–water partition coefficient (Wildman–Crippen LogP) is 2.03. The van der Waals surface area contributed by atoms with Gasteiger partial charge in [-0.05, 0) is 30.5 Å². The van der Waals surface area contributed by atoms with Crippen LogP contribution >= 0.6 is 0 Å². The first-order valence-electron chi connectivity index (χ1n) is 8.45. The Morgan fingerprint density at radius 3 is 2.92 bits per heavy atom. The van der Waals surface area contributed by atoms with Crippen molar-refractivity contribution in [1.29, 1.82) is 0 Å². The minimum Gasteiger partial charge on any atom is -0.350 e. The molecule has 132 valence electrons. The van der Waals surface area contributed by atoms with Gasteiger partial charge < -0.3 is 14.8 Å². The maximum atomic E-state index is 14.2. The molecule has 0 saturated carbocycles. The lowest BCUT2D eigenvalue weighted by molar-refractivity contribution is -0.135. The van der Waals surface area contributed by atoms with Gasteiger partial charge in [-0.15, -0.1) is 0 Å². The molecular formula is C18H21FN4O2. The van der Waals surface area contributed by atoms with Crippen molar-refractivity contribution in [3.8, 4) is 5.69 Å².